The maximum atomic E-state index is 13.6. The normalized spacial score (nSPS) is 12.8. The Morgan fingerprint density at radius 3 is 1.95 bits per heavy atom. The topological polar surface area (TPSA) is 134 Å². The molecule has 0 fully saturated rings. The van der Waals surface area contributed by atoms with Crippen molar-refractivity contribution in [3.8, 4) is 0 Å². The van der Waals surface area contributed by atoms with Crippen molar-refractivity contribution in [2.45, 2.75) is 68.0 Å². The van der Waals surface area contributed by atoms with E-state index < -0.39 is 35.7 Å². The molecule has 0 radical (unpaired) electrons. The van der Waals surface area contributed by atoms with Gasteiger partial charge in [0, 0.05) is 39.2 Å². The van der Waals surface area contributed by atoms with Gasteiger partial charge in [-0.05, 0) is 69.2 Å². The number of rotatable bonds is 15. The van der Waals surface area contributed by atoms with E-state index in [1.807, 2.05) is 18.2 Å². The smallest absolute Gasteiger partial charge is 0.408 e. The van der Waals surface area contributed by atoms with Crippen molar-refractivity contribution in [2.75, 3.05) is 31.3 Å². The Morgan fingerprint density at radius 2 is 1.44 bits per heavy atom. The van der Waals surface area contributed by atoms with Crippen molar-refractivity contribution in [1.29, 1.82) is 0 Å². The molecule has 0 aliphatic rings. The van der Waals surface area contributed by atoms with E-state index in [1.54, 1.807) is 52.0 Å². The molecule has 2 atom stereocenters. The van der Waals surface area contributed by atoms with Gasteiger partial charge in [-0.3, -0.25) is 4.79 Å². The van der Waals surface area contributed by atoms with E-state index in [1.165, 1.54) is 23.5 Å². The van der Waals surface area contributed by atoms with Gasteiger partial charge in [-0.15, -0.1) is 23.5 Å². The highest BCUT2D eigenvalue weighted by Crippen LogP contribution is 2.28. The number of carbonyl (C=O) groups excluding carboxylic acids is 3. The van der Waals surface area contributed by atoms with Crippen LogP contribution in [0.1, 0.15) is 38.8 Å². The first-order valence-electron chi connectivity index (χ1n) is 13.3. The number of nitrogens with one attached hydrogen (secondary N) is 2. The summed E-state index contributed by atoms with van der Waals surface area (Å²) in [4.78, 5) is 40.9. The molecular weight excluding hydrogens is 588 g/mol. The SMILES string of the molecule is CCOC(=O)[C@H](Cc1ccc(Cl)cc1)NC(=O)[C@H](Cc1cc(SCCO)cc(SCCO)c1)NC(=O)OC(C)(C)C. The second-order valence-electron chi connectivity index (χ2n) is 10.0. The molecule has 0 aliphatic heterocycles. The van der Waals surface area contributed by atoms with Gasteiger partial charge in [-0.2, -0.15) is 0 Å². The Labute approximate surface area is 255 Å². The molecule has 2 rings (SSSR count). The number of thioether (sulfide) groups is 2. The summed E-state index contributed by atoms with van der Waals surface area (Å²) in [6.07, 6.45) is -0.513. The average Bonchev–Trinajstić information content (AvgIpc) is 2.90. The van der Waals surface area contributed by atoms with Crippen molar-refractivity contribution in [3.05, 3.63) is 58.6 Å². The number of halogens is 1. The zero-order valence-electron chi connectivity index (χ0n) is 23.8. The lowest BCUT2D eigenvalue weighted by molar-refractivity contribution is -0.147. The van der Waals surface area contributed by atoms with Crippen LogP contribution in [0.3, 0.4) is 0 Å². The Bertz CT molecular complexity index is 1120. The van der Waals surface area contributed by atoms with E-state index in [9.17, 15) is 24.6 Å². The summed E-state index contributed by atoms with van der Waals surface area (Å²) in [6, 6.07) is 10.5. The van der Waals surface area contributed by atoms with Crippen molar-refractivity contribution in [1.82, 2.24) is 10.6 Å². The van der Waals surface area contributed by atoms with Crippen LogP contribution in [-0.2, 0) is 31.9 Å². The van der Waals surface area contributed by atoms with Crippen molar-refractivity contribution >= 4 is 53.1 Å². The Balaban J connectivity index is 2.37. The number of amides is 2. The average molecular weight is 627 g/mol. The van der Waals surface area contributed by atoms with Gasteiger partial charge in [0.05, 0.1) is 19.8 Å². The zero-order chi connectivity index (χ0) is 30.4. The van der Waals surface area contributed by atoms with Crippen LogP contribution in [0.15, 0.2) is 52.3 Å². The molecule has 0 heterocycles. The molecule has 12 heteroatoms. The fourth-order valence-electron chi connectivity index (χ4n) is 3.70. The van der Waals surface area contributed by atoms with Gasteiger partial charge in [0.25, 0.3) is 0 Å². The van der Waals surface area contributed by atoms with Crippen LogP contribution < -0.4 is 10.6 Å². The Kier molecular flexibility index (Phi) is 14.8. The molecule has 2 aromatic rings. The van der Waals surface area contributed by atoms with Crippen LogP contribution in [0.5, 0.6) is 0 Å². The molecule has 9 nitrogen and oxygen atoms in total. The third-order valence-electron chi connectivity index (χ3n) is 5.35. The summed E-state index contributed by atoms with van der Waals surface area (Å²) in [6.45, 7) is 6.98. The number of alkyl carbamates (subject to hydrolysis) is 1. The largest absolute Gasteiger partial charge is 0.464 e. The Morgan fingerprint density at radius 1 is 0.878 bits per heavy atom. The number of aliphatic hydroxyl groups is 2. The van der Waals surface area contributed by atoms with E-state index in [2.05, 4.69) is 10.6 Å². The zero-order valence-corrected chi connectivity index (χ0v) is 26.2. The van der Waals surface area contributed by atoms with Gasteiger partial charge in [0.1, 0.15) is 17.7 Å². The van der Waals surface area contributed by atoms with Gasteiger partial charge in [-0.1, -0.05) is 23.7 Å². The lowest BCUT2D eigenvalue weighted by atomic mass is 10.0. The predicted molar refractivity (Wildman–Crippen MR) is 163 cm³/mol. The summed E-state index contributed by atoms with van der Waals surface area (Å²) < 4.78 is 10.6. The first-order valence-corrected chi connectivity index (χ1v) is 15.6. The first kappa shape index (κ1) is 34.8. The number of hydrogen-bond acceptors (Lipinski definition) is 9. The number of benzene rings is 2. The molecule has 226 valence electrons. The summed E-state index contributed by atoms with van der Waals surface area (Å²) in [7, 11) is 0. The van der Waals surface area contributed by atoms with Gasteiger partial charge < -0.3 is 30.3 Å². The highest BCUT2D eigenvalue weighted by Gasteiger charge is 2.30. The number of aliphatic hydroxyl groups excluding tert-OH is 2. The maximum absolute atomic E-state index is 13.6. The molecule has 0 unspecified atom stereocenters. The molecule has 0 spiro atoms. The molecule has 2 aromatic carbocycles. The molecule has 4 N–H and O–H groups in total. The molecule has 0 bridgehead atoms. The van der Waals surface area contributed by atoms with Gasteiger partial charge >= 0.3 is 12.1 Å². The molecule has 2 amide bonds. The maximum Gasteiger partial charge on any atom is 0.408 e. The first-order chi connectivity index (χ1) is 19.4. The van der Waals surface area contributed by atoms with Gasteiger partial charge in [0.15, 0.2) is 0 Å². The molecule has 0 saturated heterocycles. The van der Waals surface area contributed by atoms with E-state index in [0.717, 1.165) is 20.9 Å². The van der Waals surface area contributed by atoms with Crippen molar-refractivity contribution in [3.63, 3.8) is 0 Å². The van der Waals surface area contributed by atoms with E-state index in [0.29, 0.717) is 16.5 Å². The Hall–Kier alpha value is -2.44. The van der Waals surface area contributed by atoms with E-state index in [4.69, 9.17) is 21.1 Å². The molecule has 0 saturated carbocycles. The van der Waals surface area contributed by atoms with E-state index >= 15 is 0 Å². The number of esters is 1. The summed E-state index contributed by atoms with van der Waals surface area (Å²) in [5, 5.41) is 24.5. The highest BCUT2D eigenvalue weighted by molar-refractivity contribution is 8.00. The number of ether oxygens (including phenoxy) is 2. The standard InChI is InChI=1S/C29H39ClN2O7S2/c1-5-38-27(36)25(16-19-6-8-21(30)9-7-19)31-26(35)24(32-28(37)39-29(2,3)4)17-20-14-22(40-12-10-33)18-23(15-20)41-13-11-34/h6-9,14-15,18,24-25,33-34H,5,10-13,16-17H2,1-4H3,(H,31,35)(H,32,37)/t24-,25-/m0/s1. The minimum Gasteiger partial charge on any atom is -0.464 e. The van der Waals surface area contributed by atoms with Crippen LogP contribution in [0, 0.1) is 0 Å². The summed E-state index contributed by atoms with van der Waals surface area (Å²) >= 11 is 8.90. The van der Waals surface area contributed by atoms with Crippen LogP contribution in [0.2, 0.25) is 5.02 Å². The molecular formula is C29H39ClN2O7S2. The lowest BCUT2D eigenvalue weighted by Crippen LogP contribution is -2.54. The minimum atomic E-state index is -1.08. The predicted octanol–water partition coefficient (Wildman–Crippen LogP) is 4.24. The summed E-state index contributed by atoms with van der Waals surface area (Å²) in [5.74, 6) is -0.211. The quantitative estimate of drug-likeness (QED) is 0.169. The fourth-order valence-corrected chi connectivity index (χ4v) is 5.45. The fraction of sp³-hybridized carbons (Fsp3) is 0.483. The minimum absolute atomic E-state index is 0.00209. The van der Waals surface area contributed by atoms with Gasteiger partial charge in [-0.25, -0.2) is 9.59 Å². The highest BCUT2D eigenvalue weighted by atomic mass is 35.5. The molecule has 0 aromatic heterocycles. The monoisotopic (exact) mass is 626 g/mol. The van der Waals surface area contributed by atoms with Crippen molar-refractivity contribution < 1.29 is 34.1 Å². The third-order valence-corrected chi connectivity index (χ3v) is 7.51. The second kappa shape index (κ2) is 17.5. The number of hydrogen-bond donors (Lipinski definition) is 4. The van der Waals surface area contributed by atoms with Crippen LogP contribution in [0.4, 0.5) is 4.79 Å². The van der Waals surface area contributed by atoms with Gasteiger partial charge in [0.2, 0.25) is 5.91 Å². The number of carbonyl (C=O) groups is 3. The molecule has 0 aliphatic carbocycles. The second-order valence-corrected chi connectivity index (χ2v) is 12.8. The van der Waals surface area contributed by atoms with Crippen LogP contribution in [-0.4, -0.2) is 77.2 Å². The molecule has 41 heavy (non-hydrogen) atoms. The van der Waals surface area contributed by atoms with Crippen LogP contribution >= 0.6 is 35.1 Å². The lowest BCUT2D eigenvalue weighted by Gasteiger charge is -2.25. The van der Waals surface area contributed by atoms with E-state index in [-0.39, 0.29) is 32.7 Å². The summed E-state index contributed by atoms with van der Waals surface area (Å²) in [5.41, 5.74) is 0.723. The third kappa shape index (κ3) is 13.4. The van der Waals surface area contributed by atoms with Crippen molar-refractivity contribution in [2.24, 2.45) is 0 Å². The van der Waals surface area contributed by atoms with Crippen LogP contribution in [0.25, 0.3) is 0 Å².